The smallest absolute Gasteiger partial charge is 0.172 e. The predicted octanol–water partition coefficient (Wildman–Crippen LogP) is -2.01. The molecule has 0 spiro atoms. The highest BCUT2D eigenvalue weighted by Gasteiger charge is 2.41. The Hall–Kier alpha value is 0.0900. The van der Waals surface area contributed by atoms with Gasteiger partial charge in [0.25, 0.3) is 0 Å². The van der Waals surface area contributed by atoms with Gasteiger partial charge in [-0.3, -0.25) is 0 Å². The second kappa shape index (κ2) is 3.87. The van der Waals surface area contributed by atoms with Gasteiger partial charge in [0.05, 0.1) is 11.9 Å². The van der Waals surface area contributed by atoms with E-state index in [4.69, 9.17) is 27.2 Å². The summed E-state index contributed by atoms with van der Waals surface area (Å²) in [5, 5.41) is 27.6. The van der Waals surface area contributed by atoms with Crippen LogP contribution < -0.4 is 5.73 Å². The predicted molar refractivity (Wildman–Crippen MR) is 41.6 cm³/mol. The molecule has 6 heteroatoms. The molecule has 0 aromatic heterocycles. The molecule has 0 aromatic rings. The van der Waals surface area contributed by atoms with Gasteiger partial charge in [0.1, 0.15) is 18.3 Å². The molecule has 0 aliphatic carbocycles. The van der Waals surface area contributed by atoms with E-state index in [1.165, 1.54) is 0 Å². The van der Waals surface area contributed by atoms with Crippen LogP contribution in [0.2, 0.25) is 0 Å². The summed E-state index contributed by atoms with van der Waals surface area (Å²) in [6.45, 7) is 0. The van der Waals surface area contributed by atoms with Crippen molar-refractivity contribution in [1.29, 1.82) is 0 Å². The molecule has 0 bridgehead atoms. The number of hydrogen-bond donors (Lipinski definition) is 4. The van der Waals surface area contributed by atoms with E-state index in [0.29, 0.717) is 0 Å². The van der Waals surface area contributed by atoms with E-state index in [2.05, 4.69) is 0 Å². The van der Waals surface area contributed by atoms with Gasteiger partial charge in [-0.1, -0.05) is 0 Å². The maximum atomic E-state index is 9.28. The van der Waals surface area contributed by atoms with Gasteiger partial charge in [-0.05, 0) is 0 Å². The lowest BCUT2D eigenvalue weighted by atomic mass is 9.98. The molecule has 5 N–H and O–H groups in total. The van der Waals surface area contributed by atoms with Crippen LogP contribution in [0.4, 0.5) is 0 Å². The minimum absolute atomic E-state index is 0.00199. The number of alkyl halides is 1. The third-order valence-electron chi connectivity index (χ3n) is 1.92. The lowest BCUT2D eigenvalue weighted by molar-refractivity contribution is -0.235. The van der Waals surface area contributed by atoms with Gasteiger partial charge in [-0.25, -0.2) is 0 Å². The SMILES string of the molecule is N[C@H]1C(O)O[C@H](CCl)[C@@H](O)[C@@H]1O. The van der Waals surface area contributed by atoms with Gasteiger partial charge in [0, 0.05) is 0 Å². The molecule has 0 aromatic carbocycles. The molecule has 1 heterocycles. The zero-order valence-corrected chi connectivity index (χ0v) is 7.05. The molecule has 0 radical (unpaired) electrons. The first-order valence-corrected chi connectivity index (χ1v) is 4.12. The topological polar surface area (TPSA) is 95.9 Å². The quantitative estimate of drug-likeness (QED) is 0.365. The lowest BCUT2D eigenvalue weighted by Crippen LogP contribution is -2.61. The van der Waals surface area contributed by atoms with Crippen molar-refractivity contribution >= 4 is 11.6 Å². The van der Waals surface area contributed by atoms with Crippen LogP contribution in [0.5, 0.6) is 0 Å². The molecule has 1 saturated heterocycles. The third kappa shape index (κ3) is 1.71. The summed E-state index contributed by atoms with van der Waals surface area (Å²) in [5.74, 6) is 0.00199. The molecular formula is C6H12ClNO4. The maximum Gasteiger partial charge on any atom is 0.172 e. The van der Waals surface area contributed by atoms with Gasteiger partial charge in [-0.2, -0.15) is 0 Å². The molecule has 1 aliphatic rings. The Kier molecular flexibility index (Phi) is 3.28. The minimum Gasteiger partial charge on any atom is -0.388 e. The number of hydrogen-bond acceptors (Lipinski definition) is 5. The van der Waals surface area contributed by atoms with Gasteiger partial charge in [-0.15, -0.1) is 11.6 Å². The first-order valence-electron chi connectivity index (χ1n) is 3.59. The molecule has 1 fully saturated rings. The van der Waals surface area contributed by atoms with Crippen LogP contribution in [-0.2, 0) is 4.74 Å². The summed E-state index contributed by atoms with van der Waals surface area (Å²) in [4.78, 5) is 0. The van der Waals surface area contributed by atoms with E-state index in [9.17, 15) is 10.2 Å². The number of ether oxygens (including phenoxy) is 1. The number of nitrogens with two attached hydrogens (primary N) is 1. The number of halogens is 1. The first kappa shape index (κ1) is 10.2. The highest BCUT2D eigenvalue weighted by Crippen LogP contribution is 2.18. The molecule has 0 saturated carbocycles. The van der Waals surface area contributed by atoms with Crippen LogP contribution in [0.3, 0.4) is 0 Å². The standard InChI is InChI=1S/C6H12ClNO4/c7-1-2-4(9)5(10)3(8)6(11)12-2/h2-6,9-11H,1,8H2/t2-,3-,4-,5-,6?/m1/s1. The Morgan fingerprint density at radius 3 is 2.33 bits per heavy atom. The Morgan fingerprint density at radius 1 is 1.25 bits per heavy atom. The number of aliphatic hydroxyl groups excluding tert-OH is 3. The highest BCUT2D eigenvalue weighted by molar-refractivity contribution is 6.18. The fraction of sp³-hybridized carbons (Fsp3) is 1.00. The largest absolute Gasteiger partial charge is 0.388 e. The molecule has 1 aliphatic heterocycles. The minimum atomic E-state index is -1.27. The molecule has 5 nitrogen and oxygen atoms in total. The van der Waals surface area contributed by atoms with Crippen molar-refractivity contribution in [2.45, 2.75) is 30.6 Å². The van der Waals surface area contributed by atoms with Crippen molar-refractivity contribution < 1.29 is 20.1 Å². The van der Waals surface area contributed by atoms with E-state index in [-0.39, 0.29) is 5.88 Å². The lowest BCUT2D eigenvalue weighted by Gasteiger charge is -2.38. The third-order valence-corrected chi connectivity index (χ3v) is 2.22. The number of aliphatic hydroxyl groups is 3. The van der Waals surface area contributed by atoms with Crippen LogP contribution in [0.25, 0.3) is 0 Å². The molecular weight excluding hydrogens is 186 g/mol. The summed E-state index contributed by atoms with van der Waals surface area (Å²) in [7, 11) is 0. The fourth-order valence-electron chi connectivity index (χ4n) is 1.09. The average molecular weight is 198 g/mol. The Morgan fingerprint density at radius 2 is 1.83 bits per heavy atom. The summed E-state index contributed by atoms with van der Waals surface area (Å²) in [6.07, 6.45) is -4.37. The maximum absolute atomic E-state index is 9.28. The van der Waals surface area contributed by atoms with E-state index < -0.39 is 30.6 Å². The van der Waals surface area contributed by atoms with Gasteiger partial charge in [0.2, 0.25) is 0 Å². The Labute approximate surface area is 74.7 Å². The molecule has 1 rings (SSSR count). The monoisotopic (exact) mass is 197 g/mol. The summed E-state index contributed by atoms with van der Waals surface area (Å²) in [6, 6.07) is -0.987. The van der Waals surface area contributed by atoms with Crippen molar-refractivity contribution in [3.8, 4) is 0 Å². The molecule has 1 unspecified atom stereocenters. The van der Waals surface area contributed by atoms with E-state index >= 15 is 0 Å². The van der Waals surface area contributed by atoms with Crippen molar-refractivity contribution in [2.75, 3.05) is 5.88 Å². The summed E-state index contributed by atoms with van der Waals surface area (Å²) >= 11 is 5.41. The van der Waals surface area contributed by atoms with Crippen LogP contribution in [0.15, 0.2) is 0 Å². The second-order valence-electron chi connectivity index (χ2n) is 2.78. The van der Waals surface area contributed by atoms with Gasteiger partial charge < -0.3 is 25.8 Å². The molecule has 5 atom stereocenters. The molecule has 12 heavy (non-hydrogen) atoms. The Balaban J connectivity index is 2.63. The van der Waals surface area contributed by atoms with Gasteiger partial charge in [0.15, 0.2) is 6.29 Å². The average Bonchev–Trinajstić information content (AvgIpc) is 2.08. The highest BCUT2D eigenvalue weighted by atomic mass is 35.5. The Bertz CT molecular complexity index is 154. The fourth-order valence-corrected chi connectivity index (χ4v) is 1.35. The normalized spacial score (nSPS) is 49.2. The summed E-state index contributed by atoms with van der Waals surface area (Å²) < 4.78 is 4.82. The van der Waals surface area contributed by atoms with Crippen LogP contribution in [-0.4, -0.2) is 51.8 Å². The molecule has 72 valence electrons. The molecule has 0 amide bonds. The zero-order chi connectivity index (χ0) is 9.30. The van der Waals surface area contributed by atoms with Crippen LogP contribution in [0.1, 0.15) is 0 Å². The number of rotatable bonds is 1. The van der Waals surface area contributed by atoms with Crippen LogP contribution in [0, 0.1) is 0 Å². The second-order valence-corrected chi connectivity index (χ2v) is 3.09. The van der Waals surface area contributed by atoms with E-state index in [0.717, 1.165) is 0 Å². The summed E-state index contributed by atoms with van der Waals surface area (Å²) in [5.41, 5.74) is 5.30. The zero-order valence-electron chi connectivity index (χ0n) is 6.30. The van der Waals surface area contributed by atoms with Gasteiger partial charge >= 0.3 is 0 Å². The van der Waals surface area contributed by atoms with Crippen molar-refractivity contribution in [2.24, 2.45) is 5.73 Å². The van der Waals surface area contributed by atoms with E-state index in [1.807, 2.05) is 0 Å². The van der Waals surface area contributed by atoms with E-state index in [1.54, 1.807) is 0 Å². The van der Waals surface area contributed by atoms with Crippen molar-refractivity contribution in [1.82, 2.24) is 0 Å². The van der Waals surface area contributed by atoms with Crippen molar-refractivity contribution in [3.05, 3.63) is 0 Å². The van der Waals surface area contributed by atoms with Crippen molar-refractivity contribution in [3.63, 3.8) is 0 Å². The van der Waals surface area contributed by atoms with Crippen LogP contribution >= 0.6 is 11.6 Å². The first-order chi connectivity index (χ1) is 5.57.